The number of aliphatic hydroxyl groups excluding tert-OH is 1. The molecule has 0 spiro atoms. The lowest BCUT2D eigenvalue weighted by atomic mass is 10.2. The van der Waals surface area contributed by atoms with E-state index in [2.05, 4.69) is 15.9 Å². The van der Waals surface area contributed by atoms with Crippen LogP contribution in [0.25, 0.3) is 10.9 Å². The lowest BCUT2D eigenvalue weighted by Crippen LogP contribution is -2.19. The molecule has 0 saturated carbocycles. The summed E-state index contributed by atoms with van der Waals surface area (Å²) in [6, 6.07) is 7.80. The van der Waals surface area contributed by atoms with E-state index >= 15 is 0 Å². The van der Waals surface area contributed by atoms with Crippen LogP contribution in [0.2, 0.25) is 0 Å². The van der Waals surface area contributed by atoms with Gasteiger partial charge in [-0.2, -0.15) is 0 Å². The summed E-state index contributed by atoms with van der Waals surface area (Å²) in [5, 5.41) is 19.3. The van der Waals surface area contributed by atoms with Crippen molar-refractivity contribution >= 4 is 32.8 Å². The maximum Gasteiger partial charge on any atom is 0.306 e. The fourth-order valence-corrected chi connectivity index (χ4v) is 2.16. The molecule has 1 heterocycles. The Kier molecular flexibility index (Phi) is 3.49. The third-order valence-corrected chi connectivity index (χ3v) is 3.05. The van der Waals surface area contributed by atoms with Gasteiger partial charge in [0.15, 0.2) is 0 Å². The average molecular weight is 298 g/mol. The monoisotopic (exact) mass is 297 g/mol. The number of nitrogens with zero attached hydrogens (tertiary/aromatic N) is 1. The molecular weight excluding hydrogens is 286 g/mol. The molecule has 2 N–H and O–H groups in total. The van der Waals surface area contributed by atoms with Crippen molar-refractivity contribution in [3.63, 3.8) is 0 Å². The van der Waals surface area contributed by atoms with E-state index < -0.39 is 12.1 Å². The van der Waals surface area contributed by atoms with Gasteiger partial charge >= 0.3 is 5.97 Å². The van der Waals surface area contributed by atoms with Gasteiger partial charge in [0.05, 0.1) is 12.5 Å². The minimum atomic E-state index is -0.991. The highest BCUT2D eigenvalue weighted by Crippen LogP contribution is 2.21. The number of carbonyl (C=O) groups is 1. The van der Waals surface area contributed by atoms with Crippen molar-refractivity contribution in [3.05, 3.63) is 34.9 Å². The van der Waals surface area contributed by atoms with E-state index in [4.69, 9.17) is 5.11 Å². The summed E-state index contributed by atoms with van der Waals surface area (Å²) in [5.74, 6) is -0.991. The van der Waals surface area contributed by atoms with Gasteiger partial charge in [0.25, 0.3) is 0 Å². The predicted octanol–water partition coefficient (Wildman–Crippen LogP) is 2.24. The minimum Gasteiger partial charge on any atom is -0.481 e. The van der Waals surface area contributed by atoms with Crippen LogP contribution >= 0.6 is 15.9 Å². The smallest absolute Gasteiger partial charge is 0.306 e. The molecule has 0 aliphatic heterocycles. The number of aromatic nitrogens is 1. The number of aliphatic carboxylic acids is 1. The van der Waals surface area contributed by atoms with Gasteiger partial charge in [-0.1, -0.05) is 22.0 Å². The number of carboxylic acids is 1. The largest absolute Gasteiger partial charge is 0.481 e. The molecule has 0 aliphatic carbocycles. The number of hydrogen-bond acceptors (Lipinski definition) is 2. The van der Waals surface area contributed by atoms with Gasteiger partial charge in [-0.15, -0.1) is 0 Å². The second kappa shape index (κ2) is 4.89. The molecule has 1 aromatic carbocycles. The number of hydrogen-bond donors (Lipinski definition) is 2. The molecule has 0 bridgehead atoms. The zero-order valence-electron chi connectivity index (χ0n) is 9.01. The molecule has 2 aromatic rings. The van der Waals surface area contributed by atoms with Crippen LogP contribution in [0.15, 0.2) is 34.9 Å². The second-order valence-electron chi connectivity index (χ2n) is 3.92. The van der Waals surface area contributed by atoms with Crippen LogP contribution in [-0.4, -0.2) is 26.9 Å². The molecule has 17 heavy (non-hydrogen) atoms. The number of rotatable bonds is 4. The van der Waals surface area contributed by atoms with Crippen molar-refractivity contribution in [2.45, 2.75) is 19.1 Å². The van der Waals surface area contributed by atoms with Crippen LogP contribution in [0, 0.1) is 0 Å². The van der Waals surface area contributed by atoms with Gasteiger partial charge in [0, 0.05) is 22.7 Å². The van der Waals surface area contributed by atoms with Gasteiger partial charge in [-0.05, 0) is 23.6 Å². The quantitative estimate of drug-likeness (QED) is 0.910. The zero-order chi connectivity index (χ0) is 12.4. The van der Waals surface area contributed by atoms with Crippen LogP contribution in [0.1, 0.15) is 6.42 Å². The minimum absolute atomic E-state index is 0.242. The van der Waals surface area contributed by atoms with E-state index in [1.807, 2.05) is 35.0 Å². The van der Waals surface area contributed by atoms with Crippen molar-refractivity contribution in [2.24, 2.45) is 0 Å². The van der Waals surface area contributed by atoms with Crippen molar-refractivity contribution in [3.8, 4) is 0 Å². The maximum absolute atomic E-state index is 10.5. The molecule has 0 amide bonds. The third-order valence-electron chi connectivity index (χ3n) is 2.55. The summed E-state index contributed by atoms with van der Waals surface area (Å²) < 4.78 is 2.81. The number of halogens is 1. The van der Waals surface area contributed by atoms with Crippen LogP contribution in [0.3, 0.4) is 0 Å². The molecule has 0 aliphatic rings. The number of aliphatic hydroxyl groups is 1. The van der Waals surface area contributed by atoms with Crippen LogP contribution < -0.4 is 0 Å². The van der Waals surface area contributed by atoms with Crippen LogP contribution in [0.5, 0.6) is 0 Å². The van der Waals surface area contributed by atoms with Gasteiger partial charge < -0.3 is 14.8 Å². The Morgan fingerprint density at radius 3 is 2.88 bits per heavy atom. The Hall–Kier alpha value is -1.33. The normalized spacial score (nSPS) is 12.8. The summed E-state index contributed by atoms with van der Waals surface area (Å²) in [7, 11) is 0. The molecule has 5 heteroatoms. The van der Waals surface area contributed by atoms with E-state index in [1.165, 1.54) is 0 Å². The topological polar surface area (TPSA) is 62.5 Å². The molecule has 0 radical (unpaired) electrons. The van der Waals surface area contributed by atoms with E-state index in [1.54, 1.807) is 0 Å². The molecule has 4 nitrogen and oxygen atoms in total. The first-order valence-corrected chi connectivity index (χ1v) is 6.00. The Morgan fingerprint density at radius 2 is 2.18 bits per heavy atom. The number of benzene rings is 1. The summed E-state index contributed by atoms with van der Waals surface area (Å²) in [6.45, 7) is 0.284. The molecule has 1 unspecified atom stereocenters. The predicted molar refractivity (Wildman–Crippen MR) is 67.9 cm³/mol. The Morgan fingerprint density at radius 1 is 1.41 bits per heavy atom. The number of carboxylic acid groups (broad SMARTS) is 1. The molecule has 0 fully saturated rings. The summed E-state index contributed by atoms with van der Waals surface area (Å²) in [6.07, 6.45) is 0.734. The number of fused-ring (bicyclic) bond motifs is 1. The Bertz CT molecular complexity index is 550. The highest BCUT2D eigenvalue weighted by molar-refractivity contribution is 9.10. The fourth-order valence-electron chi connectivity index (χ4n) is 1.81. The standard InChI is InChI=1S/C12H12BrNO3/c13-9-2-1-8-3-4-14(11(8)5-9)7-10(15)6-12(16)17/h1-5,10,15H,6-7H2,(H,16,17). The molecule has 90 valence electrons. The lowest BCUT2D eigenvalue weighted by Gasteiger charge is -2.10. The fraction of sp³-hybridized carbons (Fsp3) is 0.250. The molecule has 1 atom stereocenters. The van der Waals surface area contributed by atoms with E-state index in [9.17, 15) is 9.90 Å². The Balaban J connectivity index is 2.24. The summed E-state index contributed by atoms with van der Waals surface area (Å²) in [4.78, 5) is 10.5. The Labute approximate surface area is 107 Å². The van der Waals surface area contributed by atoms with E-state index in [0.717, 1.165) is 15.4 Å². The lowest BCUT2D eigenvalue weighted by molar-refractivity contribution is -0.139. The first kappa shape index (κ1) is 12.1. The highest BCUT2D eigenvalue weighted by Gasteiger charge is 2.11. The molecule has 2 rings (SSSR count). The van der Waals surface area contributed by atoms with E-state index in [-0.39, 0.29) is 13.0 Å². The van der Waals surface area contributed by atoms with E-state index in [0.29, 0.717) is 0 Å². The van der Waals surface area contributed by atoms with Crippen molar-refractivity contribution in [1.82, 2.24) is 4.57 Å². The first-order valence-electron chi connectivity index (χ1n) is 5.20. The van der Waals surface area contributed by atoms with Crippen LogP contribution in [0.4, 0.5) is 0 Å². The molecular formula is C12H12BrNO3. The van der Waals surface area contributed by atoms with Crippen LogP contribution in [-0.2, 0) is 11.3 Å². The van der Waals surface area contributed by atoms with Gasteiger partial charge in [0.2, 0.25) is 0 Å². The molecule has 0 saturated heterocycles. The van der Waals surface area contributed by atoms with Gasteiger partial charge in [-0.3, -0.25) is 4.79 Å². The van der Waals surface area contributed by atoms with Crippen molar-refractivity contribution in [2.75, 3.05) is 0 Å². The first-order chi connectivity index (χ1) is 8.06. The summed E-state index contributed by atoms with van der Waals surface area (Å²) in [5.41, 5.74) is 0.976. The maximum atomic E-state index is 10.5. The second-order valence-corrected chi connectivity index (χ2v) is 4.84. The average Bonchev–Trinajstić information content (AvgIpc) is 2.60. The van der Waals surface area contributed by atoms with Gasteiger partial charge in [0.1, 0.15) is 0 Å². The van der Waals surface area contributed by atoms with Crippen molar-refractivity contribution < 1.29 is 15.0 Å². The summed E-state index contributed by atoms with van der Waals surface area (Å²) >= 11 is 3.39. The molecule has 1 aromatic heterocycles. The SMILES string of the molecule is O=C(O)CC(O)Cn1ccc2ccc(Br)cc21. The van der Waals surface area contributed by atoms with Gasteiger partial charge in [-0.25, -0.2) is 0 Å². The third kappa shape index (κ3) is 2.87. The highest BCUT2D eigenvalue weighted by atomic mass is 79.9. The zero-order valence-corrected chi connectivity index (χ0v) is 10.6. The van der Waals surface area contributed by atoms with Crippen molar-refractivity contribution in [1.29, 1.82) is 0 Å².